The number of carbonyl (C=O) groups is 2. The second kappa shape index (κ2) is 11.5. The summed E-state index contributed by atoms with van der Waals surface area (Å²) in [5, 5.41) is 3.61. The number of aromatic nitrogens is 1. The highest BCUT2D eigenvalue weighted by Gasteiger charge is 2.28. The van der Waals surface area contributed by atoms with Crippen LogP contribution in [0, 0.1) is 6.92 Å². The Morgan fingerprint density at radius 1 is 1.00 bits per heavy atom. The molecule has 190 valence electrons. The molecule has 2 aromatic carbocycles. The Morgan fingerprint density at radius 2 is 1.69 bits per heavy atom. The molecule has 1 N–H and O–H groups in total. The molecular formula is C28H33ClN4O3. The summed E-state index contributed by atoms with van der Waals surface area (Å²) in [4.78, 5) is 29.7. The van der Waals surface area contributed by atoms with E-state index in [2.05, 4.69) is 16.8 Å². The van der Waals surface area contributed by atoms with Gasteiger partial charge in [0, 0.05) is 55.2 Å². The van der Waals surface area contributed by atoms with Crippen LogP contribution >= 0.6 is 11.6 Å². The second-order valence-corrected chi connectivity index (χ2v) is 9.37. The lowest BCUT2D eigenvalue weighted by Crippen LogP contribution is -2.53. The van der Waals surface area contributed by atoms with Crippen LogP contribution in [0.25, 0.3) is 16.9 Å². The van der Waals surface area contributed by atoms with E-state index in [4.69, 9.17) is 16.3 Å². The first-order chi connectivity index (χ1) is 17.4. The molecular weight excluding hydrogens is 476 g/mol. The van der Waals surface area contributed by atoms with E-state index >= 15 is 0 Å². The SMILES string of the molecule is CCCCNC(=O)N1CCN(C(=O)c2cc(-c3ccc(Cl)cc3)n(-c3cccc(OC)c3)c2C)CC1. The maximum absolute atomic E-state index is 13.7. The smallest absolute Gasteiger partial charge is 0.317 e. The van der Waals surface area contributed by atoms with Crippen LogP contribution in [0.3, 0.4) is 0 Å². The first-order valence-corrected chi connectivity index (χ1v) is 12.8. The highest BCUT2D eigenvalue weighted by atomic mass is 35.5. The topological polar surface area (TPSA) is 66.8 Å². The zero-order valence-electron chi connectivity index (χ0n) is 21.1. The van der Waals surface area contributed by atoms with Crippen molar-refractivity contribution in [3.63, 3.8) is 0 Å². The summed E-state index contributed by atoms with van der Waals surface area (Å²) in [6, 6.07) is 17.3. The van der Waals surface area contributed by atoms with Gasteiger partial charge in [-0.25, -0.2) is 4.79 Å². The van der Waals surface area contributed by atoms with E-state index in [1.807, 2.05) is 66.4 Å². The van der Waals surface area contributed by atoms with Crippen molar-refractivity contribution in [3.8, 4) is 22.7 Å². The van der Waals surface area contributed by atoms with Crippen LogP contribution in [0.1, 0.15) is 35.8 Å². The average Bonchev–Trinajstić information content (AvgIpc) is 3.25. The third kappa shape index (κ3) is 5.51. The Morgan fingerprint density at radius 3 is 2.36 bits per heavy atom. The third-order valence-electron chi connectivity index (χ3n) is 6.59. The molecule has 7 nitrogen and oxygen atoms in total. The van der Waals surface area contributed by atoms with Gasteiger partial charge >= 0.3 is 6.03 Å². The molecule has 0 spiro atoms. The van der Waals surface area contributed by atoms with Gasteiger partial charge in [-0.05, 0) is 49.2 Å². The van der Waals surface area contributed by atoms with Gasteiger partial charge in [0.2, 0.25) is 0 Å². The van der Waals surface area contributed by atoms with E-state index in [1.165, 1.54) is 0 Å². The average molecular weight is 509 g/mol. The van der Waals surface area contributed by atoms with Crippen molar-refractivity contribution in [2.45, 2.75) is 26.7 Å². The highest BCUT2D eigenvalue weighted by Crippen LogP contribution is 2.32. The summed E-state index contributed by atoms with van der Waals surface area (Å²) < 4.78 is 7.52. The van der Waals surface area contributed by atoms with Crippen LogP contribution in [0.4, 0.5) is 4.79 Å². The van der Waals surface area contributed by atoms with Gasteiger partial charge in [-0.15, -0.1) is 0 Å². The molecule has 0 aliphatic carbocycles. The van der Waals surface area contributed by atoms with Crippen molar-refractivity contribution in [2.24, 2.45) is 0 Å². The van der Waals surface area contributed by atoms with E-state index in [9.17, 15) is 9.59 Å². The molecule has 3 amide bonds. The number of nitrogens with one attached hydrogen (secondary N) is 1. The molecule has 36 heavy (non-hydrogen) atoms. The van der Waals surface area contributed by atoms with Crippen molar-refractivity contribution in [3.05, 3.63) is 70.9 Å². The molecule has 8 heteroatoms. The maximum atomic E-state index is 13.7. The summed E-state index contributed by atoms with van der Waals surface area (Å²) in [7, 11) is 1.64. The Hall–Kier alpha value is -3.45. The van der Waals surface area contributed by atoms with E-state index in [0.717, 1.165) is 41.2 Å². The van der Waals surface area contributed by atoms with Gasteiger partial charge in [0.1, 0.15) is 5.75 Å². The second-order valence-electron chi connectivity index (χ2n) is 8.94. The van der Waals surface area contributed by atoms with Crippen molar-refractivity contribution in [1.29, 1.82) is 0 Å². The van der Waals surface area contributed by atoms with Crippen molar-refractivity contribution in [1.82, 2.24) is 19.7 Å². The fourth-order valence-electron chi connectivity index (χ4n) is 4.51. The standard InChI is InChI=1S/C28H33ClN4O3/c1-4-5-13-30-28(35)32-16-14-31(15-17-32)27(34)25-19-26(21-9-11-22(29)12-10-21)33(20(25)2)23-7-6-8-24(18-23)36-3/h6-12,18-19H,4-5,13-17H2,1-3H3,(H,30,35). The molecule has 0 unspecified atom stereocenters. The van der Waals surface area contributed by atoms with E-state index in [1.54, 1.807) is 12.0 Å². The number of benzene rings is 2. The minimum Gasteiger partial charge on any atom is -0.497 e. The normalized spacial score (nSPS) is 13.6. The fraction of sp³-hybridized carbons (Fsp3) is 0.357. The molecule has 1 aromatic heterocycles. The summed E-state index contributed by atoms with van der Waals surface area (Å²) in [6.07, 6.45) is 2.00. The van der Waals surface area contributed by atoms with Crippen LogP contribution < -0.4 is 10.1 Å². The summed E-state index contributed by atoms with van der Waals surface area (Å²) >= 11 is 6.14. The number of urea groups is 1. The zero-order valence-corrected chi connectivity index (χ0v) is 21.8. The lowest BCUT2D eigenvalue weighted by molar-refractivity contribution is 0.0664. The Balaban J connectivity index is 1.61. The lowest BCUT2D eigenvalue weighted by Gasteiger charge is -2.34. The molecule has 1 saturated heterocycles. The summed E-state index contributed by atoms with van der Waals surface area (Å²) in [6.45, 7) is 6.77. The Bertz CT molecular complexity index is 1210. The largest absolute Gasteiger partial charge is 0.497 e. The van der Waals surface area contributed by atoms with Crippen LogP contribution in [0.15, 0.2) is 54.6 Å². The third-order valence-corrected chi connectivity index (χ3v) is 6.84. The zero-order chi connectivity index (χ0) is 25.7. The molecule has 3 aromatic rings. The highest BCUT2D eigenvalue weighted by molar-refractivity contribution is 6.30. The lowest BCUT2D eigenvalue weighted by atomic mass is 10.1. The van der Waals surface area contributed by atoms with Gasteiger partial charge in [0.05, 0.1) is 18.4 Å². The number of unbranched alkanes of at least 4 members (excludes halogenated alkanes) is 1. The molecule has 1 aliphatic heterocycles. The Labute approximate surface area is 217 Å². The molecule has 1 aliphatic rings. The first-order valence-electron chi connectivity index (χ1n) is 12.4. The van der Waals surface area contributed by atoms with Crippen LogP contribution in [-0.2, 0) is 0 Å². The molecule has 2 heterocycles. The minimum absolute atomic E-state index is 0.0320. The molecule has 0 radical (unpaired) electrons. The molecule has 4 rings (SSSR count). The molecule has 0 bridgehead atoms. The van der Waals surface area contributed by atoms with Crippen LogP contribution in [0.2, 0.25) is 5.02 Å². The molecule has 1 fully saturated rings. The molecule has 0 atom stereocenters. The number of amides is 3. The molecule has 0 saturated carbocycles. The number of halogens is 1. The van der Waals surface area contributed by atoms with Crippen molar-refractivity contribution in [2.75, 3.05) is 39.8 Å². The van der Waals surface area contributed by atoms with Crippen molar-refractivity contribution >= 4 is 23.5 Å². The van der Waals surface area contributed by atoms with Gasteiger partial charge in [0.25, 0.3) is 5.91 Å². The van der Waals surface area contributed by atoms with Crippen LogP contribution in [-0.4, -0.2) is 66.1 Å². The number of hydrogen-bond donors (Lipinski definition) is 1. The monoisotopic (exact) mass is 508 g/mol. The van der Waals surface area contributed by atoms with Gasteiger partial charge in [-0.1, -0.05) is 43.1 Å². The number of rotatable bonds is 7. The van der Waals surface area contributed by atoms with Gasteiger partial charge in [0.15, 0.2) is 0 Å². The van der Waals surface area contributed by atoms with E-state index in [-0.39, 0.29) is 11.9 Å². The van der Waals surface area contributed by atoms with Gasteiger partial charge < -0.3 is 24.4 Å². The summed E-state index contributed by atoms with van der Waals surface area (Å²) in [5.74, 6) is 0.708. The predicted octanol–water partition coefficient (Wildman–Crippen LogP) is 5.38. The van der Waals surface area contributed by atoms with Gasteiger partial charge in [-0.2, -0.15) is 0 Å². The predicted molar refractivity (Wildman–Crippen MR) is 143 cm³/mol. The summed E-state index contributed by atoms with van der Waals surface area (Å²) in [5.41, 5.74) is 4.25. The number of nitrogens with zero attached hydrogens (tertiary/aromatic N) is 3. The number of carbonyl (C=O) groups excluding carboxylic acids is 2. The number of piperazine rings is 1. The van der Waals surface area contributed by atoms with Crippen LogP contribution in [0.5, 0.6) is 5.75 Å². The number of ether oxygens (including phenoxy) is 1. The Kier molecular flexibility index (Phi) is 8.21. The first kappa shape index (κ1) is 25.6. The van der Waals surface area contributed by atoms with Gasteiger partial charge in [-0.3, -0.25) is 4.79 Å². The van der Waals surface area contributed by atoms with Crippen molar-refractivity contribution < 1.29 is 14.3 Å². The maximum Gasteiger partial charge on any atom is 0.317 e. The quantitative estimate of drug-likeness (QED) is 0.435. The minimum atomic E-state index is -0.0547. The number of hydrogen-bond acceptors (Lipinski definition) is 3. The number of methoxy groups -OCH3 is 1. The fourth-order valence-corrected chi connectivity index (χ4v) is 4.63. The van der Waals surface area contributed by atoms with E-state index < -0.39 is 0 Å². The van der Waals surface area contributed by atoms with E-state index in [0.29, 0.717) is 43.3 Å².